The molecule has 1 aliphatic heterocycles. The number of hydrogen-bond donors (Lipinski definition) is 2. The predicted octanol–water partition coefficient (Wildman–Crippen LogP) is 0.385. The van der Waals surface area contributed by atoms with Gasteiger partial charge in [-0.1, -0.05) is 0 Å². The van der Waals surface area contributed by atoms with Crippen molar-refractivity contribution in [3.8, 4) is 11.5 Å². The second kappa shape index (κ2) is 10.00. The third-order valence-electron chi connectivity index (χ3n) is 5.34. The van der Waals surface area contributed by atoms with Gasteiger partial charge in [-0.2, -0.15) is 0 Å². The van der Waals surface area contributed by atoms with Crippen LogP contribution in [-0.4, -0.2) is 52.6 Å². The topological polar surface area (TPSA) is 48.7 Å². The maximum absolute atomic E-state index is 6.11. The minimum Gasteiger partial charge on any atom is -0.493 e. The lowest BCUT2D eigenvalue weighted by Crippen LogP contribution is -3.14. The van der Waals surface area contributed by atoms with E-state index >= 15 is 0 Å². The Morgan fingerprint density at radius 1 is 1.16 bits per heavy atom. The third kappa shape index (κ3) is 5.87. The van der Waals surface area contributed by atoms with E-state index in [0.717, 1.165) is 31.3 Å². The molecule has 25 heavy (non-hydrogen) atoms. The Kier molecular flexibility index (Phi) is 7.39. The molecule has 1 aromatic rings. The molecular formula is C20H34N2O3+2. The molecule has 0 atom stereocenters. The van der Waals surface area contributed by atoms with Gasteiger partial charge in [0.05, 0.1) is 39.5 Å². The molecule has 3 rings (SSSR count). The van der Waals surface area contributed by atoms with Gasteiger partial charge >= 0.3 is 0 Å². The molecule has 5 nitrogen and oxygen atoms in total. The number of ether oxygens (including phenoxy) is 3. The van der Waals surface area contributed by atoms with E-state index in [-0.39, 0.29) is 0 Å². The Morgan fingerprint density at radius 2 is 1.96 bits per heavy atom. The minimum atomic E-state index is 0.369. The van der Waals surface area contributed by atoms with E-state index in [0.29, 0.717) is 6.10 Å². The molecular weight excluding hydrogens is 316 g/mol. The summed E-state index contributed by atoms with van der Waals surface area (Å²) in [5.41, 5.74) is 1.30. The van der Waals surface area contributed by atoms with Crippen LogP contribution in [-0.2, 0) is 11.3 Å². The van der Waals surface area contributed by atoms with Crippen LogP contribution in [0.4, 0.5) is 0 Å². The molecule has 0 spiro atoms. The van der Waals surface area contributed by atoms with Crippen molar-refractivity contribution in [1.29, 1.82) is 0 Å². The number of morpholine rings is 1. The molecule has 1 saturated carbocycles. The molecule has 0 unspecified atom stereocenters. The summed E-state index contributed by atoms with van der Waals surface area (Å²) in [5.74, 6) is 1.77. The van der Waals surface area contributed by atoms with Gasteiger partial charge in [-0.15, -0.1) is 0 Å². The second-order valence-corrected chi connectivity index (χ2v) is 7.26. The number of quaternary nitrogens is 2. The molecule has 0 bridgehead atoms. The standard InChI is InChI=1S/C20H32N2O3/c1-23-20-15-17(7-8-19(20)25-18-5-2-3-6-18)16-21-9-4-10-22-11-13-24-14-12-22/h7-8,15,18,21H,2-6,9-14,16H2,1H3/p+2. The first-order chi connectivity index (χ1) is 12.3. The third-order valence-corrected chi connectivity index (χ3v) is 5.34. The predicted molar refractivity (Wildman–Crippen MR) is 97.4 cm³/mol. The van der Waals surface area contributed by atoms with Crippen LogP contribution in [0.5, 0.6) is 11.5 Å². The summed E-state index contributed by atoms with van der Waals surface area (Å²) in [6.45, 7) is 7.62. The van der Waals surface area contributed by atoms with Gasteiger partial charge in [-0.05, 0) is 43.9 Å². The van der Waals surface area contributed by atoms with Gasteiger partial charge in [0.15, 0.2) is 11.5 Å². The molecule has 2 fully saturated rings. The Balaban J connectivity index is 1.39. The first kappa shape index (κ1) is 18.5. The van der Waals surface area contributed by atoms with E-state index < -0.39 is 0 Å². The van der Waals surface area contributed by atoms with E-state index in [9.17, 15) is 0 Å². The van der Waals surface area contributed by atoms with Crippen molar-refractivity contribution in [1.82, 2.24) is 0 Å². The highest BCUT2D eigenvalue weighted by molar-refractivity contribution is 5.42. The Morgan fingerprint density at radius 3 is 2.72 bits per heavy atom. The highest BCUT2D eigenvalue weighted by Gasteiger charge is 2.18. The molecule has 1 heterocycles. The van der Waals surface area contributed by atoms with Crippen molar-refractivity contribution >= 4 is 0 Å². The molecule has 1 aromatic carbocycles. The smallest absolute Gasteiger partial charge is 0.161 e. The summed E-state index contributed by atoms with van der Waals surface area (Å²) in [4.78, 5) is 1.69. The SMILES string of the molecule is COc1cc(C[NH2+]CCC[NH+]2CCOCC2)ccc1OC1CCCC1. The molecule has 1 saturated heterocycles. The molecule has 5 heteroatoms. The molecule has 140 valence electrons. The summed E-state index contributed by atoms with van der Waals surface area (Å²) in [6.07, 6.45) is 6.54. The molecule has 0 radical (unpaired) electrons. The Bertz CT molecular complexity index is 512. The monoisotopic (exact) mass is 350 g/mol. The molecule has 0 amide bonds. The molecule has 3 N–H and O–H groups in total. The van der Waals surface area contributed by atoms with E-state index in [1.54, 1.807) is 12.0 Å². The largest absolute Gasteiger partial charge is 0.493 e. The lowest BCUT2D eigenvalue weighted by molar-refractivity contribution is -0.909. The van der Waals surface area contributed by atoms with Gasteiger partial charge < -0.3 is 24.4 Å². The van der Waals surface area contributed by atoms with Crippen molar-refractivity contribution < 1.29 is 24.4 Å². The maximum Gasteiger partial charge on any atom is 0.161 e. The quantitative estimate of drug-likeness (QED) is 0.634. The van der Waals surface area contributed by atoms with Gasteiger partial charge in [0.1, 0.15) is 19.6 Å². The fraction of sp³-hybridized carbons (Fsp3) is 0.700. The second-order valence-electron chi connectivity index (χ2n) is 7.26. The number of benzene rings is 1. The van der Waals surface area contributed by atoms with Crippen LogP contribution in [0.2, 0.25) is 0 Å². The van der Waals surface area contributed by atoms with Crippen molar-refractivity contribution in [3.63, 3.8) is 0 Å². The first-order valence-corrected chi connectivity index (χ1v) is 9.91. The van der Waals surface area contributed by atoms with Gasteiger partial charge in [0, 0.05) is 12.0 Å². The summed E-state index contributed by atoms with van der Waals surface area (Å²) in [5, 5.41) is 2.40. The van der Waals surface area contributed by atoms with E-state index in [4.69, 9.17) is 14.2 Å². The summed E-state index contributed by atoms with van der Waals surface area (Å²) < 4.78 is 17.1. The zero-order chi connectivity index (χ0) is 17.3. The van der Waals surface area contributed by atoms with Crippen LogP contribution >= 0.6 is 0 Å². The summed E-state index contributed by atoms with van der Waals surface area (Å²) in [7, 11) is 1.73. The summed E-state index contributed by atoms with van der Waals surface area (Å²) in [6, 6.07) is 6.39. The number of hydrogen-bond acceptors (Lipinski definition) is 3. The number of rotatable bonds is 9. The van der Waals surface area contributed by atoms with Crippen molar-refractivity contribution in [3.05, 3.63) is 23.8 Å². The average molecular weight is 351 g/mol. The average Bonchev–Trinajstić information content (AvgIpc) is 3.16. The van der Waals surface area contributed by atoms with Crippen LogP contribution in [0.25, 0.3) is 0 Å². The zero-order valence-corrected chi connectivity index (χ0v) is 15.6. The van der Waals surface area contributed by atoms with Crippen LogP contribution < -0.4 is 19.7 Å². The van der Waals surface area contributed by atoms with Crippen molar-refractivity contribution in [2.45, 2.75) is 44.8 Å². The van der Waals surface area contributed by atoms with Gasteiger partial charge in [-0.3, -0.25) is 0 Å². The van der Waals surface area contributed by atoms with Crippen molar-refractivity contribution in [2.75, 3.05) is 46.5 Å². The number of methoxy groups -OCH3 is 1. The fourth-order valence-corrected chi connectivity index (χ4v) is 3.80. The minimum absolute atomic E-state index is 0.369. The van der Waals surface area contributed by atoms with E-state index in [1.165, 1.54) is 63.8 Å². The van der Waals surface area contributed by atoms with Gasteiger partial charge in [0.25, 0.3) is 0 Å². The van der Waals surface area contributed by atoms with Gasteiger partial charge in [-0.25, -0.2) is 0 Å². The van der Waals surface area contributed by atoms with E-state index in [1.807, 2.05) is 0 Å². The van der Waals surface area contributed by atoms with Crippen LogP contribution in [0.3, 0.4) is 0 Å². The number of nitrogens with two attached hydrogens (primary N) is 1. The highest BCUT2D eigenvalue weighted by atomic mass is 16.5. The lowest BCUT2D eigenvalue weighted by Gasteiger charge is -2.23. The number of nitrogens with one attached hydrogen (secondary N) is 1. The zero-order valence-electron chi connectivity index (χ0n) is 15.6. The molecule has 0 aromatic heterocycles. The maximum atomic E-state index is 6.11. The Labute approximate surface area is 151 Å². The van der Waals surface area contributed by atoms with Crippen LogP contribution in [0.1, 0.15) is 37.7 Å². The van der Waals surface area contributed by atoms with Gasteiger partial charge in [0.2, 0.25) is 0 Å². The first-order valence-electron chi connectivity index (χ1n) is 9.91. The molecule has 2 aliphatic rings. The normalized spacial score (nSPS) is 19.2. The van der Waals surface area contributed by atoms with E-state index in [2.05, 4.69) is 23.5 Å². The lowest BCUT2D eigenvalue weighted by atomic mass is 10.2. The Hall–Kier alpha value is -1.30. The summed E-state index contributed by atoms with van der Waals surface area (Å²) >= 11 is 0. The van der Waals surface area contributed by atoms with Crippen LogP contribution in [0.15, 0.2) is 18.2 Å². The van der Waals surface area contributed by atoms with Crippen molar-refractivity contribution in [2.24, 2.45) is 0 Å². The van der Waals surface area contributed by atoms with Crippen LogP contribution in [0, 0.1) is 0 Å². The molecule has 1 aliphatic carbocycles. The fourth-order valence-electron chi connectivity index (χ4n) is 3.80. The highest BCUT2D eigenvalue weighted by Crippen LogP contribution is 2.32.